The zero-order valence-corrected chi connectivity index (χ0v) is 11.4. The maximum atomic E-state index is 12.1. The molecule has 0 aromatic rings. The van der Waals surface area contributed by atoms with Crippen LogP contribution < -0.4 is 0 Å². The second-order valence-electron chi connectivity index (χ2n) is 5.10. The molecular weight excluding hydrogens is 234 g/mol. The Morgan fingerprint density at radius 2 is 2.00 bits per heavy atom. The summed E-state index contributed by atoms with van der Waals surface area (Å²) in [7, 11) is 1.63. The van der Waals surface area contributed by atoms with Crippen molar-refractivity contribution in [2.24, 2.45) is 5.92 Å². The molecule has 5 nitrogen and oxygen atoms in total. The number of aliphatic carboxylic acids is 1. The first-order chi connectivity index (χ1) is 8.45. The Morgan fingerprint density at radius 1 is 1.39 bits per heavy atom. The highest BCUT2D eigenvalue weighted by atomic mass is 16.5. The van der Waals surface area contributed by atoms with Crippen molar-refractivity contribution >= 4 is 11.9 Å². The van der Waals surface area contributed by atoms with Crippen molar-refractivity contribution in [2.45, 2.75) is 51.7 Å². The number of carboxylic acid groups (broad SMARTS) is 1. The van der Waals surface area contributed by atoms with E-state index in [0.29, 0.717) is 19.4 Å². The Labute approximate surface area is 108 Å². The molecule has 1 aliphatic carbocycles. The van der Waals surface area contributed by atoms with Gasteiger partial charge in [0.1, 0.15) is 0 Å². The number of carbonyl (C=O) groups is 2. The molecule has 1 fully saturated rings. The smallest absolute Gasteiger partial charge is 0.308 e. The normalized spacial score (nSPS) is 18.2. The average Bonchev–Trinajstić information content (AvgIpc) is 3.15. The van der Waals surface area contributed by atoms with Crippen LogP contribution in [-0.2, 0) is 14.3 Å². The van der Waals surface area contributed by atoms with Gasteiger partial charge in [0, 0.05) is 26.1 Å². The van der Waals surface area contributed by atoms with Crippen molar-refractivity contribution in [1.82, 2.24) is 4.90 Å². The lowest BCUT2D eigenvalue weighted by molar-refractivity contribution is -0.143. The van der Waals surface area contributed by atoms with Crippen LogP contribution in [0.25, 0.3) is 0 Å². The molecule has 1 amide bonds. The van der Waals surface area contributed by atoms with E-state index >= 15 is 0 Å². The minimum Gasteiger partial charge on any atom is -0.481 e. The van der Waals surface area contributed by atoms with Crippen LogP contribution >= 0.6 is 0 Å². The van der Waals surface area contributed by atoms with Gasteiger partial charge in [-0.15, -0.1) is 0 Å². The Kier molecular flexibility index (Phi) is 5.59. The predicted molar refractivity (Wildman–Crippen MR) is 67.2 cm³/mol. The summed E-state index contributed by atoms with van der Waals surface area (Å²) in [5, 5.41) is 8.91. The van der Waals surface area contributed by atoms with Gasteiger partial charge in [0.15, 0.2) is 0 Å². The monoisotopic (exact) mass is 257 g/mol. The van der Waals surface area contributed by atoms with E-state index in [0.717, 1.165) is 12.8 Å². The summed E-state index contributed by atoms with van der Waals surface area (Å²) in [5.41, 5.74) is 0. The van der Waals surface area contributed by atoms with Gasteiger partial charge >= 0.3 is 5.97 Å². The van der Waals surface area contributed by atoms with Crippen molar-refractivity contribution in [2.75, 3.05) is 13.7 Å². The lowest BCUT2D eigenvalue weighted by atomic mass is 10.1. The van der Waals surface area contributed by atoms with Gasteiger partial charge in [-0.25, -0.2) is 0 Å². The number of carbonyl (C=O) groups excluding carboxylic acids is 1. The molecule has 0 saturated heterocycles. The summed E-state index contributed by atoms with van der Waals surface area (Å²) in [6.07, 6.45) is 3.17. The summed E-state index contributed by atoms with van der Waals surface area (Å²) < 4.78 is 5.11. The van der Waals surface area contributed by atoms with Gasteiger partial charge in [-0.2, -0.15) is 0 Å². The van der Waals surface area contributed by atoms with Crippen LogP contribution in [0, 0.1) is 5.92 Å². The van der Waals surface area contributed by atoms with E-state index < -0.39 is 11.9 Å². The highest BCUT2D eigenvalue weighted by molar-refractivity contribution is 5.78. The highest BCUT2D eigenvalue weighted by Crippen LogP contribution is 2.28. The molecule has 1 N–H and O–H groups in total. The molecule has 2 atom stereocenters. The molecule has 18 heavy (non-hydrogen) atoms. The molecule has 1 aliphatic rings. The molecule has 0 aliphatic heterocycles. The average molecular weight is 257 g/mol. The van der Waals surface area contributed by atoms with Gasteiger partial charge in [-0.3, -0.25) is 9.59 Å². The molecule has 5 heteroatoms. The van der Waals surface area contributed by atoms with E-state index in [4.69, 9.17) is 9.84 Å². The lowest BCUT2D eigenvalue weighted by Crippen LogP contribution is -2.38. The molecule has 0 radical (unpaired) electrons. The quantitative estimate of drug-likeness (QED) is 0.716. The number of hydrogen-bond donors (Lipinski definition) is 1. The molecule has 1 rings (SSSR count). The number of ether oxygens (including phenoxy) is 1. The highest BCUT2D eigenvalue weighted by Gasteiger charge is 2.34. The first kappa shape index (κ1) is 15.0. The Bertz CT molecular complexity index is 301. The fraction of sp³-hybridized carbons (Fsp3) is 0.846. The number of nitrogens with zero attached hydrogens (tertiary/aromatic N) is 1. The van der Waals surface area contributed by atoms with Crippen molar-refractivity contribution in [3.8, 4) is 0 Å². The number of rotatable bonds is 8. The number of carboxylic acids is 1. The SMILES string of the molecule is COC(C)CCC(=O)N(CC(C)C(=O)O)C1CC1. The van der Waals surface area contributed by atoms with Crippen molar-refractivity contribution in [3.05, 3.63) is 0 Å². The van der Waals surface area contributed by atoms with Crippen LogP contribution in [0.4, 0.5) is 0 Å². The van der Waals surface area contributed by atoms with Crippen LogP contribution in [0.2, 0.25) is 0 Å². The van der Waals surface area contributed by atoms with Crippen LogP contribution in [0.5, 0.6) is 0 Å². The van der Waals surface area contributed by atoms with Gasteiger partial charge in [0.05, 0.1) is 12.0 Å². The van der Waals surface area contributed by atoms with E-state index in [1.807, 2.05) is 6.92 Å². The topological polar surface area (TPSA) is 66.8 Å². The maximum Gasteiger partial charge on any atom is 0.308 e. The molecular formula is C13H23NO4. The van der Waals surface area contributed by atoms with E-state index in [2.05, 4.69) is 0 Å². The third-order valence-corrected chi connectivity index (χ3v) is 3.37. The van der Waals surface area contributed by atoms with Crippen molar-refractivity contribution < 1.29 is 19.4 Å². The largest absolute Gasteiger partial charge is 0.481 e. The predicted octanol–water partition coefficient (Wildman–Crippen LogP) is 1.51. The summed E-state index contributed by atoms with van der Waals surface area (Å²) >= 11 is 0. The summed E-state index contributed by atoms with van der Waals surface area (Å²) in [4.78, 5) is 24.7. The maximum absolute atomic E-state index is 12.1. The molecule has 0 heterocycles. The minimum absolute atomic E-state index is 0.0505. The first-order valence-electron chi connectivity index (χ1n) is 6.50. The fourth-order valence-corrected chi connectivity index (χ4v) is 1.80. The Morgan fingerprint density at radius 3 is 2.44 bits per heavy atom. The second-order valence-corrected chi connectivity index (χ2v) is 5.10. The molecule has 0 aromatic carbocycles. The second kappa shape index (κ2) is 6.73. The van der Waals surface area contributed by atoms with Gasteiger partial charge in [0.25, 0.3) is 0 Å². The van der Waals surface area contributed by atoms with Gasteiger partial charge in [-0.1, -0.05) is 6.92 Å². The van der Waals surface area contributed by atoms with Crippen LogP contribution in [-0.4, -0.2) is 47.7 Å². The number of amides is 1. The standard InChI is InChI=1S/C13H23NO4/c1-9(13(16)17)8-14(11-5-6-11)12(15)7-4-10(2)18-3/h9-11H,4-8H2,1-3H3,(H,16,17). The van der Waals surface area contributed by atoms with Crippen LogP contribution in [0.3, 0.4) is 0 Å². The van der Waals surface area contributed by atoms with Crippen molar-refractivity contribution in [1.29, 1.82) is 0 Å². The summed E-state index contributed by atoms with van der Waals surface area (Å²) in [6, 6.07) is 0.261. The number of hydrogen-bond acceptors (Lipinski definition) is 3. The zero-order chi connectivity index (χ0) is 13.7. The van der Waals surface area contributed by atoms with Crippen LogP contribution in [0.1, 0.15) is 39.5 Å². The van der Waals surface area contributed by atoms with Gasteiger partial charge in [-0.05, 0) is 26.2 Å². The zero-order valence-electron chi connectivity index (χ0n) is 11.4. The summed E-state index contributed by atoms with van der Waals surface area (Å²) in [5.74, 6) is -1.30. The molecule has 0 bridgehead atoms. The lowest BCUT2D eigenvalue weighted by Gasteiger charge is -2.25. The molecule has 0 spiro atoms. The van der Waals surface area contributed by atoms with E-state index in [1.165, 1.54) is 0 Å². The summed E-state index contributed by atoms with van der Waals surface area (Å²) in [6.45, 7) is 3.89. The Balaban J connectivity index is 2.46. The molecule has 104 valence electrons. The molecule has 2 unspecified atom stereocenters. The molecule has 0 aromatic heterocycles. The third kappa shape index (κ3) is 4.64. The molecule has 1 saturated carbocycles. The first-order valence-corrected chi connectivity index (χ1v) is 6.50. The fourth-order valence-electron chi connectivity index (χ4n) is 1.80. The third-order valence-electron chi connectivity index (χ3n) is 3.37. The number of methoxy groups -OCH3 is 1. The van der Waals surface area contributed by atoms with Gasteiger partial charge in [0.2, 0.25) is 5.91 Å². The van der Waals surface area contributed by atoms with E-state index in [-0.39, 0.29) is 18.1 Å². The van der Waals surface area contributed by atoms with E-state index in [1.54, 1.807) is 18.9 Å². The van der Waals surface area contributed by atoms with Crippen LogP contribution in [0.15, 0.2) is 0 Å². The Hall–Kier alpha value is -1.10. The minimum atomic E-state index is -0.848. The van der Waals surface area contributed by atoms with Gasteiger partial charge < -0.3 is 14.7 Å². The van der Waals surface area contributed by atoms with Crippen molar-refractivity contribution in [3.63, 3.8) is 0 Å². The van der Waals surface area contributed by atoms with E-state index in [9.17, 15) is 9.59 Å².